The molecule has 0 saturated carbocycles. The third-order valence-corrected chi connectivity index (χ3v) is 2.10. The summed E-state index contributed by atoms with van der Waals surface area (Å²) in [5.41, 5.74) is 3.15. The number of carbonyl (C=O) groups excluding carboxylic acids is 1. The van der Waals surface area contributed by atoms with E-state index in [4.69, 9.17) is 14.3 Å². The first-order valence-electron chi connectivity index (χ1n) is 5.79. The number of hydrogen-bond donors (Lipinski definition) is 1. The average molecular weight is 253 g/mol. The normalized spacial score (nSPS) is 10.2. The average Bonchev–Trinajstić information content (AvgIpc) is 2.37. The molecule has 1 amide bonds. The van der Waals surface area contributed by atoms with Gasteiger partial charge in [-0.25, -0.2) is 4.79 Å². The van der Waals surface area contributed by atoms with E-state index in [1.807, 2.05) is 38.1 Å². The van der Waals surface area contributed by atoms with Crippen LogP contribution in [0.2, 0.25) is 0 Å². The Labute approximate surface area is 107 Å². The van der Waals surface area contributed by atoms with Crippen molar-refractivity contribution in [2.45, 2.75) is 20.5 Å². The first-order chi connectivity index (χ1) is 8.61. The minimum atomic E-state index is -0.572. The van der Waals surface area contributed by atoms with Crippen molar-refractivity contribution in [1.29, 1.82) is 0 Å². The summed E-state index contributed by atoms with van der Waals surface area (Å²) in [7, 11) is 1.61. The first kappa shape index (κ1) is 14.3. The van der Waals surface area contributed by atoms with Crippen LogP contribution in [0, 0.1) is 5.92 Å². The third-order valence-electron chi connectivity index (χ3n) is 2.10. The number of hydrogen-bond acceptors (Lipinski definition) is 4. The molecule has 0 unspecified atom stereocenters. The first-order valence-corrected chi connectivity index (χ1v) is 5.79. The molecule has 0 saturated heterocycles. The molecule has 0 heterocycles. The van der Waals surface area contributed by atoms with Gasteiger partial charge in [0.1, 0.15) is 5.75 Å². The minimum Gasteiger partial charge on any atom is -0.497 e. The Morgan fingerprint density at radius 1 is 1.28 bits per heavy atom. The maximum Gasteiger partial charge on any atom is 0.431 e. The van der Waals surface area contributed by atoms with Crippen LogP contribution in [0.25, 0.3) is 0 Å². The Kier molecular flexibility index (Phi) is 6.00. The Bertz CT molecular complexity index is 362. The fourth-order valence-corrected chi connectivity index (χ4v) is 1.17. The molecule has 18 heavy (non-hydrogen) atoms. The summed E-state index contributed by atoms with van der Waals surface area (Å²) in [6, 6.07) is 7.38. The Balaban J connectivity index is 2.22. The Morgan fingerprint density at radius 3 is 2.50 bits per heavy atom. The number of hydroxylamine groups is 1. The van der Waals surface area contributed by atoms with Gasteiger partial charge in [-0.1, -0.05) is 26.0 Å². The van der Waals surface area contributed by atoms with E-state index < -0.39 is 6.09 Å². The predicted molar refractivity (Wildman–Crippen MR) is 67.1 cm³/mol. The van der Waals surface area contributed by atoms with Gasteiger partial charge in [0, 0.05) is 0 Å². The van der Waals surface area contributed by atoms with Gasteiger partial charge in [-0.2, -0.15) is 5.48 Å². The zero-order chi connectivity index (χ0) is 13.4. The van der Waals surface area contributed by atoms with Crippen LogP contribution < -0.4 is 10.2 Å². The van der Waals surface area contributed by atoms with Crippen molar-refractivity contribution in [3.05, 3.63) is 29.8 Å². The van der Waals surface area contributed by atoms with Gasteiger partial charge in [-0.3, -0.25) is 4.84 Å². The second kappa shape index (κ2) is 7.55. The third kappa shape index (κ3) is 5.54. The van der Waals surface area contributed by atoms with Crippen molar-refractivity contribution >= 4 is 6.09 Å². The van der Waals surface area contributed by atoms with Crippen molar-refractivity contribution in [3.8, 4) is 5.75 Å². The quantitative estimate of drug-likeness (QED) is 0.791. The zero-order valence-electron chi connectivity index (χ0n) is 10.9. The van der Waals surface area contributed by atoms with Crippen LogP contribution in [0.5, 0.6) is 5.75 Å². The van der Waals surface area contributed by atoms with E-state index in [2.05, 4.69) is 5.48 Å². The maximum absolute atomic E-state index is 11.2. The highest BCUT2D eigenvalue weighted by molar-refractivity contribution is 5.65. The second-order valence-electron chi connectivity index (χ2n) is 4.23. The molecule has 0 bridgehead atoms. The summed E-state index contributed by atoms with van der Waals surface area (Å²) >= 11 is 0. The molecule has 0 aromatic heterocycles. The minimum absolute atomic E-state index is 0.279. The fraction of sp³-hybridized carbons (Fsp3) is 0.462. The molecule has 0 aliphatic rings. The van der Waals surface area contributed by atoms with E-state index >= 15 is 0 Å². The molecule has 0 radical (unpaired) electrons. The molecule has 5 nitrogen and oxygen atoms in total. The molecule has 1 rings (SSSR count). The van der Waals surface area contributed by atoms with Crippen LogP contribution >= 0.6 is 0 Å². The van der Waals surface area contributed by atoms with Crippen LogP contribution in [0.1, 0.15) is 19.4 Å². The van der Waals surface area contributed by atoms with Crippen LogP contribution in [-0.2, 0) is 16.2 Å². The van der Waals surface area contributed by atoms with Gasteiger partial charge < -0.3 is 9.47 Å². The van der Waals surface area contributed by atoms with Gasteiger partial charge in [-0.05, 0) is 23.6 Å². The highest BCUT2D eigenvalue weighted by Gasteiger charge is 2.03. The lowest BCUT2D eigenvalue weighted by atomic mass is 10.2. The molecule has 5 heteroatoms. The van der Waals surface area contributed by atoms with Gasteiger partial charge in [-0.15, -0.1) is 0 Å². The Morgan fingerprint density at radius 2 is 1.94 bits per heavy atom. The molecule has 100 valence electrons. The van der Waals surface area contributed by atoms with E-state index in [1.54, 1.807) is 7.11 Å². The van der Waals surface area contributed by atoms with E-state index in [9.17, 15) is 4.79 Å². The molecule has 1 aromatic carbocycles. The lowest BCUT2D eigenvalue weighted by Crippen LogP contribution is -2.25. The molecule has 0 fully saturated rings. The summed E-state index contributed by atoms with van der Waals surface area (Å²) in [4.78, 5) is 16.2. The van der Waals surface area contributed by atoms with Gasteiger partial charge in [0.25, 0.3) is 0 Å². The lowest BCUT2D eigenvalue weighted by Gasteiger charge is -2.09. The molecule has 0 aliphatic heterocycles. The lowest BCUT2D eigenvalue weighted by molar-refractivity contribution is 0.0154. The molecule has 0 atom stereocenters. The molecular weight excluding hydrogens is 234 g/mol. The molecule has 0 spiro atoms. The number of ether oxygens (including phenoxy) is 2. The largest absolute Gasteiger partial charge is 0.497 e. The summed E-state index contributed by atoms with van der Waals surface area (Å²) in [5.74, 6) is 1.08. The van der Waals surface area contributed by atoms with E-state index in [0.717, 1.165) is 11.3 Å². The number of methoxy groups -OCH3 is 1. The zero-order valence-corrected chi connectivity index (χ0v) is 10.9. The molecular formula is C13H19NO4. The summed E-state index contributed by atoms with van der Waals surface area (Å²) < 4.78 is 9.92. The van der Waals surface area contributed by atoms with E-state index in [0.29, 0.717) is 12.5 Å². The molecule has 1 N–H and O–H groups in total. The monoisotopic (exact) mass is 253 g/mol. The number of nitrogens with one attached hydrogen (secondary N) is 1. The van der Waals surface area contributed by atoms with Gasteiger partial charge in [0.15, 0.2) is 0 Å². The van der Waals surface area contributed by atoms with Crippen LogP contribution in [-0.4, -0.2) is 19.8 Å². The highest BCUT2D eigenvalue weighted by atomic mass is 16.7. The van der Waals surface area contributed by atoms with Crippen molar-refractivity contribution < 1.29 is 19.1 Å². The van der Waals surface area contributed by atoms with E-state index in [-0.39, 0.29) is 6.61 Å². The second-order valence-corrected chi connectivity index (χ2v) is 4.23. The molecule has 0 aliphatic carbocycles. The SMILES string of the molecule is COc1ccc(CONC(=O)OCC(C)C)cc1. The number of rotatable bonds is 6. The van der Waals surface area contributed by atoms with Crippen LogP contribution in [0.4, 0.5) is 4.79 Å². The number of carbonyl (C=O) groups is 1. The van der Waals surface area contributed by atoms with Gasteiger partial charge in [0.2, 0.25) is 0 Å². The van der Waals surface area contributed by atoms with Crippen LogP contribution in [0.15, 0.2) is 24.3 Å². The highest BCUT2D eigenvalue weighted by Crippen LogP contribution is 2.11. The van der Waals surface area contributed by atoms with Gasteiger partial charge >= 0.3 is 6.09 Å². The summed E-state index contributed by atoms with van der Waals surface area (Å²) in [5, 5.41) is 0. The van der Waals surface area contributed by atoms with Crippen LogP contribution in [0.3, 0.4) is 0 Å². The number of benzene rings is 1. The van der Waals surface area contributed by atoms with Crippen molar-refractivity contribution in [1.82, 2.24) is 5.48 Å². The molecule has 1 aromatic rings. The van der Waals surface area contributed by atoms with E-state index in [1.165, 1.54) is 0 Å². The standard InChI is InChI=1S/C13H19NO4/c1-10(2)8-17-13(15)14-18-9-11-4-6-12(16-3)7-5-11/h4-7,10H,8-9H2,1-3H3,(H,14,15). The Hall–Kier alpha value is -1.75. The smallest absolute Gasteiger partial charge is 0.431 e. The van der Waals surface area contributed by atoms with Crippen molar-refractivity contribution in [2.75, 3.05) is 13.7 Å². The van der Waals surface area contributed by atoms with Crippen molar-refractivity contribution in [2.24, 2.45) is 5.92 Å². The number of amides is 1. The maximum atomic E-state index is 11.2. The van der Waals surface area contributed by atoms with Crippen molar-refractivity contribution in [3.63, 3.8) is 0 Å². The fourth-order valence-electron chi connectivity index (χ4n) is 1.17. The summed E-state index contributed by atoms with van der Waals surface area (Å²) in [6.07, 6.45) is -0.572. The topological polar surface area (TPSA) is 56.8 Å². The summed E-state index contributed by atoms with van der Waals surface area (Å²) in [6.45, 7) is 4.58. The van der Waals surface area contributed by atoms with Gasteiger partial charge in [0.05, 0.1) is 20.3 Å². The predicted octanol–water partition coefficient (Wildman–Crippen LogP) is 2.51.